The number of hydrogen-bond acceptors (Lipinski definition) is 7. The van der Waals surface area contributed by atoms with E-state index in [2.05, 4.69) is 16.1 Å². The number of amides is 4. The number of carbonyl (C=O) groups excluding carboxylic acids is 3. The summed E-state index contributed by atoms with van der Waals surface area (Å²) in [5, 5.41) is 8.92. The topological polar surface area (TPSA) is 125 Å². The fourth-order valence-electron chi connectivity index (χ4n) is 4.74. The van der Waals surface area contributed by atoms with Crippen LogP contribution in [-0.4, -0.2) is 79.5 Å². The normalized spacial score (nSPS) is 12.7. The van der Waals surface area contributed by atoms with E-state index < -0.39 is 30.3 Å². The van der Waals surface area contributed by atoms with Gasteiger partial charge in [-0.3, -0.25) is 15.0 Å². The number of ether oxygens (including phenoxy) is 2. The number of likely N-dealkylation sites (N-methyl/N-ethyl adjacent to an activating group) is 1. The van der Waals surface area contributed by atoms with Crippen LogP contribution < -0.4 is 16.1 Å². The SMILES string of the molecule is CCNC(=O)NN(C)CC(=O)N[C@@H](Cc1ccco1)C(=O)N(Cc1cccc2ccccc12)[C@@H](C)C(OCC)OCC. The Morgan fingerprint density at radius 2 is 1.67 bits per heavy atom. The molecule has 3 N–H and O–H groups in total. The predicted octanol–water partition coefficient (Wildman–Crippen LogP) is 3.44. The molecule has 0 fully saturated rings. The zero-order valence-electron chi connectivity index (χ0n) is 25.1. The molecule has 2 atom stereocenters. The highest BCUT2D eigenvalue weighted by Crippen LogP contribution is 2.23. The van der Waals surface area contributed by atoms with Crippen LogP contribution >= 0.6 is 0 Å². The second-order valence-electron chi connectivity index (χ2n) is 9.85. The number of hydrogen-bond donors (Lipinski definition) is 3. The van der Waals surface area contributed by atoms with Gasteiger partial charge in [-0.15, -0.1) is 0 Å². The minimum Gasteiger partial charge on any atom is -0.469 e. The van der Waals surface area contributed by atoms with E-state index in [-0.39, 0.29) is 25.4 Å². The average Bonchev–Trinajstić information content (AvgIpc) is 3.48. The molecule has 11 heteroatoms. The van der Waals surface area contributed by atoms with Gasteiger partial charge in [0.1, 0.15) is 11.8 Å². The van der Waals surface area contributed by atoms with E-state index in [1.165, 1.54) is 11.3 Å². The van der Waals surface area contributed by atoms with Gasteiger partial charge in [-0.05, 0) is 56.2 Å². The minimum absolute atomic E-state index is 0.137. The summed E-state index contributed by atoms with van der Waals surface area (Å²) in [6.07, 6.45) is 0.989. The van der Waals surface area contributed by atoms with Crippen LogP contribution in [0.1, 0.15) is 39.0 Å². The third-order valence-electron chi connectivity index (χ3n) is 6.68. The lowest BCUT2D eigenvalue weighted by Crippen LogP contribution is -2.56. The molecule has 0 aliphatic carbocycles. The maximum atomic E-state index is 14.4. The van der Waals surface area contributed by atoms with Crippen molar-refractivity contribution in [3.05, 3.63) is 72.2 Å². The van der Waals surface area contributed by atoms with E-state index >= 15 is 0 Å². The molecule has 228 valence electrons. The molecule has 0 aliphatic heterocycles. The van der Waals surface area contributed by atoms with Crippen molar-refractivity contribution in [1.82, 2.24) is 26.0 Å². The lowest BCUT2D eigenvalue weighted by Gasteiger charge is -2.36. The highest BCUT2D eigenvalue weighted by Gasteiger charge is 2.34. The van der Waals surface area contributed by atoms with Crippen LogP contribution in [0.4, 0.5) is 4.79 Å². The molecule has 42 heavy (non-hydrogen) atoms. The van der Waals surface area contributed by atoms with Crippen LogP contribution in [0, 0.1) is 0 Å². The van der Waals surface area contributed by atoms with E-state index in [0.29, 0.717) is 25.5 Å². The van der Waals surface area contributed by atoms with Crippen molar-refractivity contribution in [3.8, 4) is 0 Å². The van der Waals surface area contributed by atoms with Crippen LogP contribution in [0.2, 0.25) is 0 Å². The first kappa shape index (κ1) is 32.6. The summed E-state index contributed by atoms with van der Waals surface area (Å²) in [5.74, 6) is -0.210. The summed E-state index contributed by atoms with van der Waals surface area (Å²) in [6, 6.07) is 15.6. The molecular formula is C31H43N5O6. The van der Waals surface area contributed by atoms with Crippen molar-refractivity contribution in [3.63, 3.8) is 0 Å². The van der Waals surface area contributed by atoms with Crippen molar-refractivity contribution in [2.24, 2.45) is 0 Å². The summed E-state index contributed by atoms with van der Waals surface area (Å²) in [6.45, 7) is 8.78. The standard InChI is InChI=1S/C31H43N5O6/c1-6-32-31(39)34-35(5)21-28(37)33-27(19-25-16-12-18-42-25)29(38)36(22(4)30(40-7-2)41-8-3)20-24-15-11-14-23-13-9-10-17-26(23)24/h9-18,22,27,30H,6-8,19-21H2,1-5H3,(H,33,37)(H2,32,34,39)/t22-,27-/m0/s1. The average molecular weight is 582 g/mol. The third kappa shape index (κ3) is 9.30. The van der Waals surface area contributed by atoms with Crippen molar-refractivity contribution < 1.29 is 28.3 Å². The van der Waals surface area contributed by atoms with Crippen LogP contribution in [0.3, 0.4) is 0 Å². The number of carbonyl (C=O) groups is 3. The van der Waals surface area contributed by atoms with E-state index in [4.69, 9.17) is 13.9 Å². The van der Waals surface area contributed by atoms with Crippen molar-refractivity contribution in [2.45, 2.75) is 59.0 Å². The Balaban J connectivity index is 1.93. The number of urea groups is 1. The van der Waals surface area contributed by atoms with Crippen LogP contribution in [0.15, 0.2) is 65.3 Å². The molecule has 3 rings (SSSR count). The molecule has 11 nitrogen and oxygen atoms in total. The highest BCUT2D eigenvalue weighted by molar-refractivity contribution is 5.90. The zero-order valence-corrected chi connectivity index (χ0v) is 25.1. The fourth-order valence-corrected chi connectivity index (χ4v) is 4.74. The molecular weight excluding hydrogens is 538 g/mol. The maximum Gasteiger partial charge on any atom is 0.329 e. The van der Waals surface area contributed by atoms with Crippen molar-refractivity contribution in [2.75, 3.05) is 33.4 Å². The Morgan fingerprint density at radius 1 is 0.952 bits per heavy atom. The molecule has 1 aromatic heterocycles. The summed E-state index contributed by atoms with van der Waals surface area (Å²) in [4.78, 5) is 41.1. The van der Waals surface area contributed by atoms with Gasteiger partial charge in [0, 0.05) is 39.8 Å². The van der Waals surface area contributed by atoms with E-state index in [0.717, 1.165) is 16.3 Å². The Morgan fingerprint density at radius 3 is 2.33 bits per heavy atom. The second kappa shape index (κ2) is 16.5. The molecule has 0 radical (unpaired) electrons. The number of rotatable bonds is 16. The Hall–Kier alpha value is -3.93. The van der Waals surface area contributed by atoms with Gasteiger partial charge in [-0.2, -0.15) is 0 Å². The van der Waals surface area contributed by atoms with Gasteiger partial charge in [0.2, 0.25) is 11.8 Å². The maximum absolute atomic E-state index is 14.4. The molecule has 0 saturated heterocycles. The molecule has 1 heterocycles. The lowest BCUT2D eigenvalue weighted by molar-refractivity contribution is -0.179. The van der Waals surface area contributed by atoms with E-state index in [9.17, 15) is 14.4 Å². The first-order valence-corrected chi connectivity index (χ1v) is 14.3. The Labute approximate surface area is 247 Å². The van der Waals surface area contributed by atoms with E-state index in [1.807, 2.05) is 63.2 Å². The van der Waals surface area contributed by atoms with Gasteiger partial charge < -0.3 is 29.4 Å². The second-order valence-corrected chi connectivity index (χ2v) is 9.85. The lowest BCUT2D eigenvalue weighted by atomic mass is 10.0. The largest absolute Gasteiger partial charge is 0.469 e. The quantitative estimate of drug-likeness (QED) is 0.175. The van der Waals surface area contributed by atoms with Crippen LogP contribution in [-0.2, 0) is 32.0 Å². The first-order valence-electron chi connectivity index (χ1n) is 14.3. The fraction of sp³-hybridized carbons (Fsp3) is 0.452. The van der Waals surface area contributed by atoms with Crippen LogP contribution in [0.25, 0.3) is 10.8 Å². The molecule has 0 aliphatic rings. The number of nitrogens with one attached hydrogen (secondary N) is 3. The Bertz CT molecular complexity index is 1270. The van der Waals surface area contributed by atoms with Gasteiger partial charge in [0.05, 0.1) is 18.8 Å². The van der Waals surface area contributed by atoms with Crippen molar-refractivity contribution >= 4 is 28.6 Å². The van der Waals surface area contributed by atoms with Crippen LogP contribution in [0.5, 0.6) is 0 Å². The molecule has 4 amide bonds. The molecule has 0 spiro atoms. The monoisotopic (exact) mass is 581 g/mol. The molecule has 0 saturated carbocycles. The molecule has 0 bridgehead atoms. The number of nitrogens with zero attached hydrogens (tertiary/aromatic N) is 2. The van der Waals surface area contributed by atoms with E-state index in [1.54, 1.807) is 31.0 Å². The van der Waals surface area contributed by atoms with Crippen molar-refractivity contribution in [1.29, 1.82) is 0 Å². The molecule has 0 unspecified atom stereocenters. The van der Waals surface area contributed by atoms with Gasteiger partial charge in [-0.25, -0.2) is 9.80 Å². The number of fused-ring (bicyclic) bond motifs is 1. The Kier molecular flexibility index (Phi) is 12.8. The van der Waals surface area contributed by atoms with Gasteiger partial charge in [0.15, 0.2) is 6.29 Å². The predicted molar refractivity (Wildman–Crippen MR) is 160 cm³/mol. The summed E-state index contributed by atoms with van der Waals surface area (Å²) in [5.41, 5.74) is 3.52. The summed E-state index contributed by atoms with van der Waals surface area (Å²) < 4.78 is 17.4. The number of benzene rings is 2. The summed E-state index contributed by atoms with van der Waals surface area (Å²) in [7, 11) is 1.57. The van der Waals surface area contributed by atoms with Gasteiger partial charge in [0.25, 0.3) is 0 Å². The van der Waals surface area contributed by atoms with Gasteiger partial charge >= 0.3 is 6.03 Å². The molecule has 2 aromatic carbocycles. The van der Waals surface area contributed by atoms with Gasteiger partial charge in [-0.1, -0.05) is 42.5 Å². The zero-order chi connectivity index (χ0) is 30.5. The smallest absolute Gasteiger partial charge is 0.329 e. The summed E-state index contributed by atoms with van der Waals surface area (Å²) >= 11 is 0. The molecule has 3 aromatic rings. The first-order chi connectivity index (χ1) is 20.3. The number of furan rings is 1. The third-order valence-corrected chi connectivity index (χ3v) is 6.68. The highest BCUT2D eigenvalue weighted by atomic mass is 16.7. The minimum atomic E-state index is -0.956. The number of hydrazine groups is 1.